The van der Waals surface area contributed by atoms with E-state index < -0.39 is 0 Å². The molecule has 0 aliphatic heterocycles. The number of nitrogens with zero attached hydrogens (tertiary/aromatic N) is 1. The molecule has 0 bridgehead atoms. The third-order valence-corrected chi connectivity index (χ3v) is 6.93. The van der Waals surface area contributed by atoms with Crippen LogP contribution in [0.4, 0.5) is 17.1 Å². The first-order chi connectivity index (χ1) is 17.5. The number of hydrogen-bond donors (Lipinski definition) is 1. The van der Waals surface area contributed by atoms with Gasteiger partial charge in [0.2, 0.25) is 0 Å². The predicted molar refractivity (Wildman–Crippen MR) is 155 cm³/mol. The van der Waals surface area contributed by atoms with Crippen LogP contribution in [0.2, 0.25) is 0 Å². The molecule has 0 atom stereocenters. The zero-order chi connectivity index (χ0) is 24.7. The molecular weight excluding hydrogens is 436 g/mol. The Bertz CT molecular complexity index is 1650. The molecule has 0 aliphatic rings. The molecule has 0 aliphatic carbocycles. The normalized spacial score (nSPS) is 11.8. The molecule has 0 saturated carbocycles. The summed E-state index contributed by atoms with van der Waals surface area (Å²) in [6.07, 6.45) is 0. The lowest BCUT2D eigenvalue weighted by Gasteiger charge is -2.32. The van der Waals surface area contributed by atoms with Gasteiger partial charge in [0.1, 0.15) is 0 Å². The molecule has 1 aromatic heterocycles. The first-order valence-electron chi connectivity index (χ1n) is 12.5. The van der Waals surface area contributed by atoms with Crippen molar-refractivity contribution in [2.75, 3.05) is 4.90 Å². The van der Waals surface area contributed by atoms with Gasteiger partial charge in [-0.3, -0.25) is 0 Å². The molecule has 2 nitrogen and oxygen atoms in total. The fourth-order valence-corrected chi connectivity index (χ4v) is 5.14. The monoisotopic (exact) mass is 466 g/mol. The molecule has 0 spiro atoms. The third kappa shape index (κ3) is 3.95. The van der Waals surface area contributed by atoms with E-state index in [2.05, 4.69) is 152 Å². The summed E-state index contributed by atoms with van der Waals surface area (Å²) >= 11 is 0. The Morgan fingerprint density at radius 1 is 0.528 bits per heavy atom. The molecule has 1 heterocycles. The zero-order valence-electron chi connectivity index (χ0n) is 21.0. The summed E-state index contributed by atoms with van der Waals surface area (Å²) in [5, 5.41) is 2.53. The van der Waals surface area contributed by atoms with Gasteiger partial charge in [-0.2, -0.15) is 0 Å². The second-order valence-electron chi connectivity index (χ2n) is 10.4. The number of aromatic nitrogens is 1. The number of benzene rings is 5. The number of rotatable bonds is 4. The van der Waals surface area contributed by atoms with Gasteiger partial charge < -0.3 is 9.88 Å². The molecule has 0 unspecified atom stereocenters. The number of hydrogen-bond acceptors (Lipinski definition) is 1. The molecule has 0 radical (unpaired) electrons. The van der Waals surface area contributed by atoms with Crippen molar-refractivity contribution in [3.05, 3.63) is 127 Å². The van der Waals surface area contributed by atoms with Gasteiger partial charge in [0.25, 0.3) is 0 Å². The number of H-pyrrole nitrogens is 1. The minimum atomic E-state index is 0.0261. The molecule has 6 rings (SSSR count). The summed E-state index contributed by atoms with van der Waals surface area (Å²) in [7, 11) is 0. The molecular formula is C34H30N2. The molecule has 176 valence electrons. The van der Waals surface area contributed by atoms with Crippen LogP contribution in [0.3, 0.4) is 0 Å². The Kier molecular flexibility index (Phi) is 5.38. The minimum absolute atomic E-state index is 0.0261. The van der Waals surface area contributed by atoms with Crippen LogP contribution in [-0.4, -0.2) is 4.98 Å². The fourth-order valence-electron chi connectivity index (χ4n) is 5.14. The minimum Gasteiger partial charge on any atom is -0.355 e. The van der Waals surface area contributed by atoms with Crippen LogP contribution in [0.1, 0.15) is 26.3 Å². The second-order valence-corrected chi connectivity index (χ2v) is 10.4. The van der Waals surface area contributed by atoms with Crippen molar-refractivity contribution in [3.63, 3.8) is 0 Å². The smallest absolute Gasteiger partial charge is 0.0498 e. The third-order valence-electron chi connectivity index (χ3n) is 6.93. The predicted octanol–water partition coefficient (Wildman–Crippen LogP) is 9.76. The quantitative estimate of drug-likeness (QED) is 0.274. The average Bonchev–Trinajstić information content (AvgIpc) is 3.28. The van der Waals surface area contributed by atoms with E-state index in [0.29, 0.717) is 0 Å². The van der Waals surface area contributed by atoms with E-state index in [4.69, 9.17) is 0 Å². The van der Waals surface area contributed by atoms with Crippen molar-refractivity contribution >= 4 is 38.9 Å². The fraction of sp³-hybridized carbons (Fsp3) is 0.118. The van der Waals surface area contributed by atoms with Gasteiger partial charge in [-0.05, 0) is 70.6 Å². The molecule has 5 aromatic carbocycles. The van der Waals surface area contributed by atoms with Crippen molar-refractivity contribution < 1.29 is 0 Å². The molecule has 36 heavy (non-hydrogen) atoms. The van der Waals surface area contributed by atoms with E-state index in [1.165, 1.54) is 44.2 Å². The Morgan fingerprint density at radius 2 is 1.14 bits per heavy atom. The lowest BCUT2D eigenvalue weighted by Crippen LogP contribution is -2.18. The lowest BCUT2D eigenvalue weighted by atomic mass is 9.85. The first kappa shape index (κ1) is 22.2. The maximum Gasteiger partial charge on any atom is 0.0498 e. The summed E-state index contributed by atoms with van der Waals surface area (Å²) in [5.74, 6) is 0. The van der Waals surface area contributed by atoms with E-state index >= 15 is 0 Å². The van der Waals surface area contributed by atoms with Crippen LogP contribution in [0.5, 0.6) is 0 Å². The number of anilines is 3. The Morgan fingerprint density at radius 3 is 1.92 bits per heavy atom. The molecule has 1 N–H and O–H groups in total. The largest absolute Gasteiger partial charge is 0.355 e. The number of para-hydroxylation sites is 3. The van der Waals surface area contributed by atoms with Crippen molar-refractivity contribution in [2.24, 2.45) is 0 Å². The zero-order valence-corrected chi connectivity index (χ0v) is 21.0. The second kappa shape index (κ2) is 8.73. The number of aromatic amines is 1. The topological polar surface area (TPSA) is 19.0 Å². The molecule has 6 aromatic rings. The van der Waals surface area contributed by atoms with Gasteiger partial charge in [-0.25, -0.2) is 0 Å². The highest BCUT2D eigenvalue weighted by Crippen LogP contribution is 2.41. The summed E-state index contributed by atoms with van der Waals surface area (Å²) in [6.45, 7) is 6.83. The van der Waals surface area contributed by atoms with E-state index in [-0.39, 0.29) is 5.41 Å². The van der Waals surface area contributed by atoms with Crippen molar-refractivity contribution in [1.29, 1.82) is 0 Å². The Labute approximate surface area is 212 Å². The summed E-state index contributed by atoms with van der Waals surface area (Å²) in [5.41, 5.74) is 9.65. The standard InChI is InChI=1S/C34H30N2/c1-34(2,3)30-14-8-10-16-33(30)36(26-11-5-4-6-12-26)27-20-17-24(18-21-27)25-19-22-32-29(23-25)28-13-7-9-15-31(28)35-32/h4-23,35H,1-3H3. The lowest BCUT2D eigenvalue weighted by molar-refractivity contribution is 0.591. The van der Waals surface area contributed by atoms with Crippen LogP contribution >= 0.6 is 0 Å². The van der Waals surface area contributed by atoms with E-state index in [1.54, 1.807) is 0 Å². The van der Waals surface area contributed by atoms with Crippen LogP contribution in [0.25, 0.3) is 32.9 Å². The van der Waals surface area contributed by atoms with E-state index in [9.17, 15) is 0 Å². The average molecular weight is 467 g/mol. The van der Waals surface area contributed by atoms with Crippen LogP contribution in [-0.2, 0) is 5.41 Å². The number of fused-ring (bicyclic) bond motifs is 3. The van der Waals surface area contributed by atoms with Gasteiger partial charge in [0, 0.05) is 38.9 Å². The van der Waals surface area contributed by atoms with Crippen LogP contribution in [0.15, 0.2) is 121 Å². The molecule has 0 amide bonds. The van der Waals surface area contributed by atoms with Crippen molar-refractivity contribution in [1.82, 2.24) is 4.98 Å². The highest BCUT2D eigenvalue weighted by atomic mass is 15.1. The van der Waals surface area contributed by atoms with Crippen molar-refractivity contribution in [2.45, 2.75) is 26.2 Å². The first-order valence-corrected chi connectivity index (χ1v) is 12.5. The highest BCUT2D eigenvalue weighted by Gasteiger charge is 2.23. The van der Waals surface area contributed by atoms with Gasteiger partial charge in [0.15, 0.2) is 0 Å². The van der Waals surface area contributed by atoms with E-state index in [0.717, 1.165) is 11.4 Å². The van der Waals surface area contributed by atoms with Gasteiger partial charge >= 0.3 is 0 Å². The number of nitrogens with one attached hydrogen (secondary N) is 1. The van der Waals surface area contributed by atoms with E-state index in [1.807, 2.05) is 0 Å². The maximum atomic E-state index is 3.53. The summed E-state index contributed by atoms with van der Waals surface area (Å²) in [6, 6.07) is 43.5. The maximum absolute atomic E-state index is 3.53. The summed E-state index contributed by atoms with van der Waals surface area (Å²) < 4.78 is 0. The summed E-state index contributed by atoms with van der Waals surface area (Å²) in [4.78, 5) is 5.90. The van der Waals surface area contributed by atoms with Crippen LogP contribution < -0.4 is 4.90 Å². The van der Waals surface area contributed by atoms with Gasteiger partial charge in [-0.15, -0.1) is 0 Å². The molecule has 0 saturated heterocycles. The molecule has 0 fully saturated rings. The Balaban J connectivity index is 1.44. The van der Waals surface area contributed by atoms with Crippen molar-refractivity contribution in [3.8, 4) is 11.1 Å². The SMILES string of the molecule is CC(C)(C)c1ccccc1N(c1ccccc1)c1ccc(-c2ccc3[nH]c4ccccc4c3c2)cc1. The Hall–Kier alpha value is -4.30. The highest BCUT2D eigenvalue weighted by molar-refractivity contribution is 6.08. The van der Waals surface area contributed by atoms with Gasteiger partial charge in [0.05, 0.1) is 0 Å². The molecule has 2 heteroatoms. The van der Waals surface area contributed by atoms with Crippen LogP contribution in [0, 0.1) is 0 Å². The van der Waals surface area contributed by atoms with Gasteiger partial charge in [-0.1, -0.05) is 93.6 Å².